The van der Waals surface area contributed by atoms with Gasteiger partial charge in [-0.15, -0.1) is 0 Å². The number of carbonyl (C=O) groups excluding carboxylic acids is 1. The highest BCUT2D eigenvalue weighted by Crippen LogP contribution is 2.38. The van der Waals surface area contributed by atoms with Crippen LogP contribution in [0.3, 0.4) is 0 Å². The zero-order chi connectivity index (χ0) is 27.4. The van der Waals surface area contributed by atoms with Crippen LogP contribution in [0.25, 0.3) is 10.9 Å². The van der Waals surface area contributed by atoms with Crippen molar-refractivity contribution in [3.05, 3.63) is 77.9 Å². The molecular weight excluding hydrogens is 508 g/mol. The van der Waals surface area contributed by atoms with Crippen molar-refractivity contribution in [2.75, 3.05) is 38.4 Å². The second-order valence-corrected chi connectivity index (χ2v) is 10.3. The van der Waals surface area contributed by atoms with E-state index in [1.807, 2.05) is 30.3 Å². The molecule has 0 unspecified atom stereocenters. The number of likely N-dealkylation sites (N-methyl/N-ethyl adjacent to an activating group) is 1. The number of anilines is 1. The number of ether oxygens (including phenoxy) is 2. The molecule has 10 nitrogen and oxygen atoms in total. The Morgan fingerprint density at radius 3 is 2.24 bits per heavy atom. The van der Waals surface area contributed by atoms with Gasteiger partial charge in [-0.3, -0.25) is 9.10 Å². The number of aromatic nitrogens is 1. The van der Waals surface area contributed by atoms with E-state index >= 15 is 0 Å². The highest BCUT2D eigenvalue weighted by molar-refractivity contribution is 7.92. The fourth-order valence-corrected chi connectivity index (χ4v) is 4.90. The molecule has 4 rings (SSSR count). The van der Waals surface area contributed by atoms with Crippen molar-refractivity contribution in [1.82, 2.24) is 10.3 Å². The molecule has 0 aliphatic rings. The SMILES string of the molecule is CNC(=O)CN(c1ccc(N=C(c2ccccc2)c2c(O)[nH]c3cc(OC)c(OC)cc23)cc1)S(C)(=O)=O. The highest BCUT2D eigenvalue weighted by Gasteiger charge is 2.22. The normalized spacial score (nSPS) is 11.8. The van der Waals surface area contributed by atoms with Crippen LogP contribution < -0.4 is 19.1 Å². The van der Waals surface area contributed by atoms with Crippen LogP contribution in [0.2, 0.25) is 0 Å². The number of aliphatic imine (C=N–C) groups is 1. The van der Waals surface area contributed by atoms with Gasteiger partial charge in [0.15, 0.2) is 17.4 Å². The topological polar surface area (TPSA) is 133 Å². The van der Waals surface area contributed by atoms with E-state index in [0.717, 1.165) is 16.1 Å². The van der Waals surface area contributed by atoms with E-state index < -0.39 is 15.9 Å². The van der Waals surface area contributed by atoms with E-state index in [2.05, 4.69) is 10.3 Å². The lowest BCUT2D eigenvalue weighted by Crippen LogP contribution is -2.39. The van der Waals surface area contributed by atoms with Crippen LogP contribution in [0.1, 0.15) is 11.1 Å². The molecule has 1 heterocycles. The summed E-state index contributed by atoms with van der Waals surface area (Å²) < 4.78 is 36.5. The number of H-pyrrole nitrogens is 1. The van der Waals surface area contributed by atoms with Crippen molar-refractivity contribution in [3.8, 4) is 17.4 Å². The Bertz CT molecular complexity index is 1600. The van der Waals surface area contributed by atoms with Gasteiger partial charge in [0.25, 0.3) is 0 Å². The van der Waals surface area contributed by atoms with Crippen LogP contribution in [0.4, 0.5) is 11.4 Å². The lowest BCUT2D eigenvalue weighted by molar-refractivity contribution is -0.119. The highest BCUT2D eigenvalue weighted by atomic mass is 32.2. The fraction of sp³-hybridized carbons (Fsp3) is 0.185. The van der Waals surface area contributed by atoms with Crippen LogP contribution in [-0.4, -0.2) is 64.2 Å². The third-order valence-corrected chi connectivity index (χ3v) is 7.05. The summed E-state index contributed by atoms with van der Waals surface area (Å²) in [5.74, 6) is 0.483. The molecule has 38 heavy (non-hydrogen) atoms. The average molecular weight is 537 g/mol. The van der Waals surface area contributed by atoms with Gasteiger partial charge < -0.3 is 24.9 Å². The number of amides is 1. The first-order chi connectivity index (χ1) is 18.2. The quantitative estimate of drug-likeness (QED) is 0.280. The summed E-state index contributed by atoms with van der Waals surface area (Å²) >= 11 is 0. The molecule has 4 aromatic rings. The van der Waals surface area contributed by atoms with Gasteiger partial charge >= 0.3 is 0 Å². The van der Waals surface area contributed by atoms with Crippen molar-refractivity contribution in [1.29, 1.82) is 0 Å². The number of hydrogen-bond acceptors (Lipinski definition) is 7. The van der Waals surface area contributed by atoms with Gasteiger partial charge in [-0.05, 0) is 30.3 Å². The second-order valence-electron chi connectivity index (χ2n) is 8.39. The number of rotatable bonds is 9. The molecule has 0 bridgehead atoms. The van der Waals surface area contributed by atoms with Gasteiger partial charge in [-0.2, -0.15) is 0 Å². The number of aromatic hydroxyl groups is 1. The standard InChI is InChI=1S/C27H28N4O6S/c1-28-24(32)16-31(38(4,34)35)19-12-10-18(11-13-19)29-26(17-8-6-5-7-9-17)25-20-14-22(36-2)23(37-3)15-21(20)30-27(25)33/h5-15,30,33H,16H2,1-4H3,(H,28,32). The number of carbonyl (C=O) groups is 1. The predicted molar refractivity (Wildman–Crippen MR) is 148 cm³/mol. The Morgan fingerprint density at radius 2 is 1.66 bits per heavy atom. The molecule has 0 radical (unpaired) electrons. The number of benzene rings is 3. The maximum Gasteiger partial charge on any atom is 0.240 e. The number of sulfonamides is 1. The Kier molecular flexibility index (Phi) is 7.58. The summed E-state index contributed by atoms with van der Waals surface area (Å²) in [6.45, 7) is -0.346. The van der Waals surface area contributed by atoms with Crippen molar-refractivity contribution < 1.29 is 27.8 Å². The van der Waals surface area contributed by atoms with Gasteiger partial charge in [0.1, 0.15) is 6.54 Å². The zero-order valence-corrected chi connectivity index (χ0v) is 22.2. The van der Waals surface area contributed by atoms with Gasteiger partial charge in [-0.25, -0.2) is 13.4 Å². The van der Waals surface area contributed by atoms with Crippen molar-refractivity contribution in [2.45, 2.75) is 0 Å². The number of fused-ring (bicyclic) bond motifs is 1. The second kappa shape index (κ2) is 10.9. The third-order valence-electron chi connectivity index (χ3n) is 5.91. The third kappa shape index (κ3) is 5.42. The summed E-state index contributed by atoms with van der Waals surface area (Å²) in [5.41, 5.74) is 3.17. The first kappa shape index (κ1) is 26.6. The number of aromatic amines is 1. The molecule has 0 aliphatic carbocycles. The number of nitrogens with zero attached hydrogens (tertiary/aromatic N) is 2. The maximum atomic E-state index is 12.3. The molecule has 0 saturated carbocycles. The molecule has 1 aromatic heterocycles. The molecule has 11 heteroatoms. The number of methoxy groups -OCH3 is 2. The monoisotopic (exact) mass is 536 g/mol. The lowest BCUT2D eigenvalue weighted by Gasteiger charge is -2.21. The minimum Gasteiger partial charge on any atom is -0.494 e. The van der Waals surface area contributed by atoms with E-state index in [9.17, 15) is 18.3 Å². The van der Waals surface area contributed by atoms with E-state index in [0.29, 0.717) is 45.1 Å². The van der Waals surface area contributed by atoms with Gasteiger partial charge in [0, 0.05) is 24.1 Å². The molecule has 3 aromatic carbocycles. The smallest absolute Gasteiger partial charge is 0.240 e. The number of nitrogens with one attached hydrogen (secondary N) is 2. The summed E-state index contributed by atoms with van der Waals surface area (Å²) in [6.07, 6.45) is 1.04. The molecule has 0 spiro atoms. The van der Waals surface area contributed by atoms with E-state index in [-0.39, 0.29) is 12.4 Å². The van der Waals surface area contributed by atoms with Crippen LogP contribution in [0.5, 0.6) is 17.4 Å². The fourth-order valence-electron chi connectivity index (χ4n) is 4.04. The zero-order valence-electron chi connectivity index (χ0n) is 21.3. The van der Waals surface area contributed by atoms with Gasteiger partial charge in [-0.1, -0.05) is 30.3 Å². The van der Waals surface area contributed by atoms with Crippen LogP contribution >= 0.6 is 0 Å². The Balaban J connectivity index is 1.85. The Hall–Kier alpha value is -4.51. The molecule has 0 fully saturated rings. The molecule has 0 aliphatic heterocycles. The lowest BCUT2D eigenvalue weighted by atomic mass is 10.0. The van der Waals surface area contributed by atoms with Crippen LogP contribution in [0, 0.1) is 0 Å². The molecule has 198 valence electrons. The molecule has 0 saturated heterocycles. The minimum atomic E-state index is -3.70. The molecular formula is C27H28N4O6S. The Morgan fingerprint density at radius 1 is 1.03 bits per heavy atom. The Labute approximate surface area is 220 Å². The van der Waals surface area contributed by atoms with Gasteiger partial charge in [0.05, 0.1) is 48.6 Å². The predicted octanol–water partition coefficient (Wildman–Crippen LogP) is 3.57. The summed E-state index contributed by atoms with van der Waals surface area (Å²) in [6, 6.07) is 19.3. The van der Waals surface area contributed by atoms with E-state index in [1.54, 1.807) is 36.4 Å². The van der Waals surface area contributed by atoms with E-state index in [1.165, 1.54) is 21.3 Å². The maximum absolute atomic E-state index is 12.3. The molecule has 0 atom stereocenters. The van der Waals surface area contributed by atoms with Crippen molar-refractivity contribution in [3.63, 3.8) is 0 Å². The number of hydrogen-bond donors (Lipinski definition) is 3. The van der Waals surface area contributed by atoms with Crippen molar-refractivity contribution in [2.24, 2.45) is 4.99 Å². The van der Waals surface area contributed by atoms with E-state index in [4.69, 9.17) is 14.5 Å². The first-order valence-corrected chi connectivity index (χ1v) is 13.4. The first-order valence-electron chi connectivity index (χ1n) is 11.6. The van der Waals surface area contributed by atoms with Crippen LogP contribution in [-0.2, 0) is 14.8 Å². The summed E-state index contributed by atoms with van der Waals surface area (Å²) in [5, 5.41) is 14.1. The molecule has 3 N–H and O–H groups in total. The largest absolute Gasteiger partial charge is 0.494 e. The van der Waals surface area contributed by atoms with Crippen LogP contribution in [0.15, 0.2) is 71.7 Å². The summed E-state index contributed by atoms with van der Waals surface area (Å²) in [4.78, 5) is 19.7. The average Bonchev–Trinajstić information content (AvgIpc) is 3.23. The minimum absolute atomic E-state index is 0.0802. The summed E-state index contributed by atoms with van der Waals surface area (Å²) in [7, 11) is 0.810. The molecule has 1 amide bonds. The van der Waals surface area contributed by atoms with Crippen molar-refractivity contribution >= 4 is 43.9 Å². The van der Waals surface area contributed by atoms with Gasteiger partial charge in [0.2, 0.25) is 15.9 Å².